The fourth-order valence-corrected chi connectivity index (χ4v) is 2.16. The number of carbonyl (C=O) groups excluding carboxylic acids is 1. The molecule has 0 saturated heterocycles. The molecule has 2 rings (SSSR count). The summed E-state index contributed by atoms with van der Waals surface area (Å²) in [6, 6.07) is 7.66. The lowest BCUT2D eigenvalue weighted by molar-refractivity contribution is 0.102. The number of benzene rings is 2. The highest BCUT2D eigenvalue weighted by atomic mass is 79.9. The molecule has 6 heteroatoms. The van der Waals surface area contributed by atoms with E-state index in [1.54, 1.807) is 25.1 Å². The monoisotopic (exact) mass is 356 g/mol. The number of hydrogen-bond donors (Lipinski definition) is 2. The van der Waals surface area contributed by atoms with Crippen molar-refractivity contribution in [3.05, 3.63) is 56.8 Å². The van der Waals surface area contributed by atoms with Crippen LogP contribution in [0.5, 0.6) is 0 Å². The summed E-state index contributed by atoms with van der Waals surface area (Å²) < 4.78 is 14.2. The minimum Gasteiger partial charge on any atom is -0.398 e. The van der Waals surface area contributed by atoms with Gasteiger partial charge in [-0.25, -0.2) is 4.39 Å². The van der Waals surface area contributed by atoms with Gasteiger partial charge >= 0.3 is 0 Å². The number of nitrogens with two attached hydrogens (primary N) is 1. The number of hydrogen-bond acceptors (Lipinski definition) is 2. The number of carbonyl (C=O) groups is 1. The van der Waals surface area contributed by atoms with Crippen LogP contribution < -0.4 is 11.1 Å². The molecule has 0 atom stereocenters. The van der Waals surface area contributed by atoms with Crippen molar-refractivity contribution >= 4 is 44.8 Å². The van der Waals surface area contributed by atoms with Crippen LogP contribution in [0.2, 0.25) is 5.02 Å². The predicted molar refractivity (Wildman–Crippen MR) is 82.7 cm³/mol. The third-order valence-electron chi connectivity index (χ3n) is 2.85. The molecule has 3 nitrogen and oxygen atoms in total. The molecule has 0 aromatic heterocycles. The molecule has 2 aromatic rings. The number of halogens is 3. The van der Waals surface area contributed by atoms with E-state index in [0.29, 0.717) is 20.7 Å². The Hall–Kier alpha value is -1.59. The molecule has 0 heterocycles. The van der Waals surface area contributed by atoms with Crippen molar-refractivity contribution in [3.8, 4) is 0 Å². The zero-order chi connectivity index (χ0) is 14.9. The van der Waals surface area contributed by atoms with Crippen LogP contribution in [0.3, 0.4) is 0 Å². The molecule has 1 amide bonds. The van der Waals surface area contributed by atoms with Gasteiger partial charge in [0.1, 0.15) is 5.82 Å². The molecule has 0 aliphatic carbocycles. The van der Waals surface area contributed by atoms with Crippen LogP contribution >= 0.6 is 27.5 Å². The summed E-state index contributed by atoms with van der Waals surface area (Å²) in [7, 11) is 0. The molecule has 0 bridgehead atoms. The van der Waals surface area contributed by atoms with Gasteiger partial charge in [0.25, 0.3) is 5.91 Å². The highest BCUT2D eigenvalue weighted by Gasteiger charge is 2.13. The Kier molecular flexibility index (Phi) is 4.30. The number of nitrogen functional groups attached to an aromatic ring is 1. The summed E-state index contributed by atoms with van der Waals surface area (Å²) in [4.78, 5) is 12.1. The normalized spacial score (nSPS) is 10.4. The minimum absolute atomic E-state index is 0.150. The van der Waals surface area contributed by atoms with Gasteiger partial charge in [-0.1, -0.05) is 17.7 Å². The number of rotatable bonds is 2. The Balaban J connectivity index is 2.31. The van der Waals surface area contributed by atoms with Crippen molar-refractivity contribution in [1.29, 1.82) is 0 Å². The van der Waals surface area contributed by atoms with Crippen LogP contribution in [-0.2, 0) is 0 Å². The van der Waals surface area contributed by atoms with Gasteiger partial charge in [-0.05, 0) is 47.1 Å². The van der Waals surface area contributed by atoms with Crippen molar-refractivity contribution < 1.29 is 9.18 Å². The van der Waals surface area contributed by atoms with Gasteiger partial charge in [-0.3, -0.25) is 4.79 Å². The molecule has 0 aliphatic heterocycles. The van der Waals surface area contributed by atoms with Crippen LogP contribution in [0.1, 0.15) is 15.9 Å². The van der Waals surface area contributed by atoms with E-state index in [4.69, 9.17) is 17.3 Å². The molecule has 0 saturated carbocycles. The van der Waals surface area contributed by atoms with Gasteiger partial charge in [0, 0.05) is 16.8 Å². The van der Waals surface area contributed by atoms with E-state index in [0.717, 1.165) is 6.07 Å². The van der Waals surface area contributed by atoms with E-state index in [1.165, 1.54) is 6.07 Å². The lowest BCUT2D eigenvalue weighted by atomic mass is 10.1. The number of anilines is 2. The summed E-state index contributed by atoms with van der Waals surface area (Å²) >= 11 is 9.21. The van der Waals surface area contributed by atoms with Crippen LogP contribution in [0.4, 0.5) is 15.8 Å². The third kappa shape index (κ3) is 2.94. The summed E-state index contributed by atoms with van der Waals surface area (Å²) in [6.07, 6.45) is 0. The van der Waals surface area contributed by atoms with Gasteiger partial charge in [-0.2, -0.15) is 0 Å². The van der Waals surface area contributed by atoms with Crippen LogP contribution in [0.15, 0.2) is 34.8 Å². The first-order chi connectivity index (χ1) is 9.40. The van der Waals surface area contributed by atoms with E-state index in [2.05, 4.69) is 21.2 Å². The molecule has 2 aromatic carbocycles. The number of nitrogens with one attached hydrogen (secondary N) is 1. The second-order valence-electron chi connectivity index (χ2n) is 4.23. The van der Waals surface area contributed by atoms with E-state index in [1.807, 2.05) is 0 Å². The largest absolute Gasteiger partial charge is 0.398 e. The Labute approximate surface area is 129 Å². The molecule has 0 radical (unpaired) electrons. The molecule has 0 spiro atoms. The number of amides is 1. The molecule has 20 heavy (non-hydrogen) atoms. The summed E-state index contributed by atoms with van der Waals surface area (Å²) in [5, 5.41) is 3.12. The molecule has 104 valence electrons. The van der Waals surface area contributed by atoms with Gasteiger partial charge in [-0.15, -0.1) is 0 Å². The minimum atomic E-state index is -0.514. The van der Waals surface area contributed by atoms with Crippen LogP contribution in [-0.4, -0.2) is 5.91 Å². The first-order valence-electron chi connectivity index (χ1n) is 5.71. The summed E-state index contributed by atoms with van der Waals surface area (Å²) in [5.41, 5.74) is 6.87. The van der Waals surface area contributed by atoms with E-state index >= 15 is 0 Å². The van der Waals surface area contributed by atoms with Crippen molar-refractivity contribution in [1.82, 2.24) is 0 Å². The van der Waals surface area contributed by atoms with E-state index in [9.17, 15) is 9.18 Å². The van der Waals surface area contributed by atoms with Gasteiger partial charge in [0.05, 0.1) is 15.2 Å². The van der Waals surface area contributed by atoms with E-state index in [-0.39, 0.29) is 11.3 Å². The maximum Gasteiger partial charge on any atom is 0.255 e. The fourth-order valence-electron chi connectivity index (χ4n) is 1.63. The summed E-state index contributed by atoms with van der Waals surface area (Å²) in [6.45, 7) is 1.56. The molecule has 0 aliphatic rings. The predicted octanol–water partition coefficient (Wildman–Crippen LogP) is 4.38. The lowest BCUT2D eigenvalue weighted by Gasteiger charge is -2.10. The zero-order valence-electron chi connectivity index (χ0n) is 10.5. The Morgan fingerprint density at radius 3 is 2.75 bits per heavy atom. The van der Waals surface area contributed by atoms with Gasteiger partial charge in [0.15, 0.2) is 0 Å². The quantitative estimate of drug-likeness (QED) is 0.783. The molecule has 3 N–H and O–H groups in total. The average Bonchev–Trinajstić information content (AvgIpc) is 2.40. The summed E-state index contributed by atoms with van der Waals surface area (Å²) in [5.74, 6) is -0.973. The van der Waals surface area contributed by atoms with Crippen LogP contribution in [0, 0.1) is 12.7 Å². The SMILES string of the molecule is Cc1c(N)cc(C(=O)Nc2cccc(Cl)c2Br)cc1F. The molecule has 0 unspecified atom stereocenters. The smallest absolute Gasteiger partial charge is 0.255 e. The molecule has 0 fully saturated rings. The highest BCUT2D eigenvalue weighted by Crippen LogP contribution is 2.30. The Bertz CT molecular complexity index is 668. The first-order valence-corrected chi connectivity index (χ1v) is 6.88. The van der Waals surface area contributed by atoms with Gasteiger partial charge < -0.3 is 11.1 Å². The van der Waals surface area contributed by atoms with Crippen LogP contribution in [0.25, 0.3) is 0 Å². The highest BCUT2D eigenvalue weighted by molar-refractivity contribution is 9.10. The standard InChI is InChI=1S/C14H11BrClFN2O/c1-7-10(17)5-8(6-11(7)18)14(20)19-12-4-2-3-9(16)13(12)15/h2-6H,18H2,1H3,(H,19,20). The maximum atomic E-state index is 13.6. The van der Waals surface area contributed by atoms with Crippen molar-refractivity contribution in [2.45, 2.75) is 6.92 Å². The first kappa shape index (κ1) is 14.8. The third-order valence-corrected chi connectivity index (χ3v) is 4.24. The Morgan fingerprint density at radius 1 is 1.40 bits per heavy atom. The topological polar surface area (TPSA) is 55.1 Å². The van der Waals surface area contributed by atoms with Crippen molar-refractivity contribution in [2.24, 2.45) is 0 Å². The Morgan fingerprint density at radius 2 is 2.10 bits per heavy atom. The molecular formula is C14H11BrClFN2O. The fraction of sp³-hybridized carbons (Fsp3) is 0.0714. The van der Waals surface area contributed by atoms with Gasteiger partial charge in [0.2, 0.25) is 0 Å². The maximum absolute atomic E-state index is 13.6. The zero-order valence-corrected chi connectivity index (χ0v) is 12.8. The molecular weight excluding hydrogens is 347 g/mol. The lowest BCUT2D eigenvalue weighted by Crippen LogP contribution is -2.13. The van der Waals surface area contributed by atoms with Crippen molar-refractivity contribution in [3.63, 3.8) is 0 Å². The second-order valence-corrected chi connectivity index (χ2v) is 5.43. The second kappa shape index (κ2) is 5.81. The van der Waals surface area contributed by atoms with Crippen molar-refractivity contribution in [2.75, 3.05) is 11.1 Å². The average molecular weight is 358 g/mol. The van der Waals surface area contributed by atoms with E-state index < -0.39 is 11.7 Å².